The van der Waals surface area contributed by atoms with E-state index in [0.717, 1.165) is 10.9 Å². The molecule has 3 heterocycles. The molecule has 0 radical (unpaired) electrons. The molecule has 148 valence electrons. The second kappa shape index (κ2) is 7.97. The van der Waals surface area contributed by atoms with Gasteiger partial charge in [0.25, 0.3) is 0 Å². The van der Waals surface area contributed by atoms with Crippen molar-refractivity contribution >= 4 is 28.5 Å². The zero-order valence-corrected chi connectivity index (χ0v) is 15.8. The molecule has 0 bridgehead atoms. The summed E-state index contributed by atoms with van der Waals surface area (Å²) < 4.78 is 13.7. The summed E-state index contributed by atoms with van der Waals surface area (Å²) in [6, 6.07) is 14.0. The van der Waals surface area contributed by atoms with Gasteiger partial charge in [-0.2, -0.15) is 15.2 Å². The molecule has 0 aliphatic heterocycles. The fourth-order valence-corrected chi connectivity index (χ4v) is 3.15. The highest BCUT2D eigenvalue weighted by molar-refractivity contribution is 5.83. The molecule has 0 atom stereocenters. The van der Waals surface area contributed by atoms with Crippen molar-refractivity contribution in [3.63, 3.8) is 0 Å². The molecule has 0 spiro atoms. The number of halogens is 1. The topological polar surface area (TPSA) is 139 Å². The van der Waals surface area contributed by atoms with Crippen LogP contribution in [0.1, 0.15) is 11.1 Å². The molecule has 1 aromatic carbocycles. The van der Waals surface area contributed by atoms with Gasteiger partial charge in [-0.1, -0.05) is 6.07 Å². The van der Waals surface area contributed by atoms with Crippen LogP contribution >= 0.6 is 0 Å². The lowest BCUT2D eigenvalue weighted by molar-refractivity contribution is 0.629. The summed E-state index contributed by atoms with van der Waals surface area (Å²) in [6.07, 6.45) is 2.22. The normalized spacial score (nSPS) is 10.7. The first kappa shape index (κ1) is 19.0. The Hall–Kier alpha value is -4.32. The van der Waals surface area contributed by atoms with Crippen molar-refractivity contribution in [3.8, 4) is 17.5 Å². The van der Waals surface area contributed by atoms with Crippen molar-refractivity contribution in [1.82, 2.24) is 19.9 Å². The lowest BCUT2D eigenvalue weighted by Crippen LogP contribution is -2.12. The van der Waals surface area contributed by atoms with Gasteiger partial charge >= 0.3 is 0 Å². The molecule has 4 aromatic rings. The highest BCUT2D eigenvalue weighted by atomic mass is 19.1. The minimum atomic E-state index is -0.348. The van der Waals surface area contributed by atoms with E-state index in [4.69, 9.17) is 11.5 Å². The van der Waals surface area contributed by atoms with Gasteiger partial charge in [0, 0.05) is 24.2 Å². The molecule has 0 fully saturated rings. The number of pyridine rings is 2. The predicted octanol–water partition coefficient (Wildman–Crippen LogP) is 2.92. The van der Waals surface area contributed by atoms with Crippen molar-refractivity contribution in [3.05, 3.63) is 65.6 Å². The first-order valence-corrected chi connectivity index (χ1v) is 9.12. The second-order valence-corrected chi connectivity index (χ2v) is 6.53. The number of rotatable bonds is 5. The molecule has 0 unspecified atom stereocenters. The Kier molecular flexibility index (Phi) is 5.05. The summed E-state index contributed by atoms with van der Waals surface area (Å²) in [4.78, 5) is 16.9. The van der Waals surface area contributed by atoms with Crippen LogP contribution in [0.2, 0.25) is 0 Å². The van der Waals surface area contributed by atoms with Gasteiger partial charge in [0.1, 0.15) is 23.3 Å². The third-order valence-electron chi connectivity index (χ3n) is 4.52. The molecule has 9 heteroatoms. The third-order valence-corrected chi connectivity index (χ3v) is 4.52. The minimum Gasteiger partial charge on any atom is -0.382 e. The minimum absolute atomic E-state index is 0.0161. The smallest absolute Gasteiger partial charge is 0.224 e. The van der Waals surface area contributed by atoms with Crippen LogP contribution in [-0.2, 0) is 6.42 Å². The molecule has 0 aliphatic rings. The number of hydrogen-bond acceptors (Lipinski definition) is 8. The number of nitrogen functional groups attached to an aromatic ring is 2. The monoisotopic (exact) mass is 400 g/mol. The number of nitrogens with zero attached hydrogens (tertiary/aromatic N) is 5. The van der Waals surface area contributed by atoms with Crippen LogP contribution in [0.4, 0.5) is 22.0 Å². The molecule has 4 rings (SSSR count). The molecule has 0 saturated heterocycles. The average Bonchev–Trinajstić information content (AvgIpc) is 2.74. The van der Waals surface area contributed by atoms with E-state index in [1.807, 2.05) is 30.3 Å². The number of benzene rings is 1. The Morgan fingerprint density at radius 1 is 1.07 bits per heavy atom. The van der Waals surface area contributed by atoms with Gasteiger partial charge in [0.15, 0.2) is 5.82 Å². The third kappa shape index (κ3) is 3.79. The van der Waals surface area contributed by atoms with E-state index in [9.17, 15) is 9.65 Å². The summed E-state index contributed by atoms with van der Waals surface area (Å²) in [5.41, 5.74) is 14.3. The van der Waals surface area contributed by atoms with Crippen LogP contribution in [0.15, 0.2) is 48.7 Å². The van der Waals surface area contributed by atoms with Crippen LogP contribution in [0, 0.1) is 17.1 Å². The molecule has 5 N–H and O–H groups in total. The average molecular weight is 400 g/mol. The molecule has 8 nitrogen and oxygen atoms in total. The van der Waals surface area contributed by atoms with Crippen LogP contribution < -0.4 is 16.8 Å². The van der Waals surface area contributed by atoms with Gasteiger partial charge in [-0.15, -0.1) is 0 Å². The SMILES string of the molecule is N#Cc1c(N)nc(N)nc1NCCc1cc2ccc(F)cc2nc1-c1ccccn1. The number of anilines is 3. The standard InChI is InChI=1S/C21H17FN8/c22-14-5-4-12-9-13(18(28-17(12)10-14)16-3-1-2-7-26-16)6-8-27-20-15(11-23)19(24)29-21(25)30-20/h1-5,7,9-10H,6,8H2,(H5,24,25,27,29,30). The zero-order valence-electron chi connectivity index (χ0n) is 15.8. The fourth-order valence-electron chi connectivity index (χ4n) is 3.15. The lowest BCUT2D eigenvalue weighted by atomic mass is 10.0. The Morgan fingerprint density at radius 2 is 1.93 bits per heavy atom. The molecule has 0 aliphatic carbocycles. The van der Waals surface area contributed by atoms with Gasteiger partial charge in [-0.3, -0.25) is 4.98 Å². The van der Waals surface area contributed by atoms with E-state index in [1.54, 1.807) is 12.3 Å². The molecule has 30 heavy (non-hydrogen) atoms. The summed E-state index contributed by atoms with van der Waals surface area (Å²) >= 11 is 0. The van der Waals surface area contributed by atoms with E-state index in [1.165, 1.54) is 12.1 Å². The zero-order chi connectivity index (χ0) is 21.1. The summed E-state index contributed by atoms with van der Waals surface area (Å²) in [6.45, 7) is 0.429. The molecule has 3 aromatic heterocycles. The van der Waals surface area contributed by atoms with Crippen molar-refractivity contribution in [1.29, 1.82) is 5.26 Å². The van der Waals surface area contributed by atoms with E-state index >= 15 is 0 Å². The van der Waals surface area contributed by atoms with Crippen LogP contribution in [0.3, 0.4) is 0 Å². The maximum Gasteiger partial charge on any atom is 0.224 e. The van der Waals surface area contributed by atoms with Gasteiger partial charge < -0.3 is 16.8 Å². The Balaban J connectivity index is 1.67. The highest BCUT2D eigenvalue weighted by Gasteiger charge is 2.13. The number of fused-ring (bicyclic) bond motifs is 1. The number of nitrogens with two attached hydrogens (primary N) is 2. The Labute approximate surface area is 171 Å². The molecule has 0 amide bonds. The first-order chi connectivity index (χ1) is 14.5. The van der Waals surface area contributed by atoms with Crippen molar-refractivity contribution in [2.24, 2.45) is 0 Å². The van der Waals surface area contributed by atoms with Gasteiger partial charge in [0.05, 0.1) is 16.9 Å². The Bertz CT molecular complexity index is 1270. The molecular weight excluding hydrogens is 383 g/mol. The fraction of sp³-hybridized carbons (Fsp3) is 0.0952. The van der Waals surface area contributed by atoms with Crippen LogP contribution in [-0.4, -0.2) is 26.5 Å². The number of nitriles is 1. The van der Waals surface area contributed by atoms with Crippen molar-refractivity contribution in [2.45, 2.75) is 6.42 Å². The molecular formula is C21H17FN8. The number of nitrogens with one attached hydrogen (secondary N) is 1. The highest BCUT2D eigenvalue weighted by Crippen LogP contribution is 2.26. The van der Waals surface area contributed by atoms with Crippen molar-refractivity contribution in [2.75, 3.05) is 23.3 Å². The van der Waals surface area contributed by atoms with Crippen molar-refractivity contribution < 1.29 is 4.39 Å². The predicted molar refractivity (Wildman–Crippen MR) is 113 cm³/mol. The van der Waals surface area contributed by atoms with Gasteiger partial charge in [0.2, 0.25) is 5.95 Å². The summed E-state index contributed by atoms with van der Waals surface area (Å²) in [7, 11) is 0. The van der Waals surface area contributed by atoms with Crippen LogP contribution in [0.5, 0.6) is 0 Å². The van der Waals surface area contributed by atoms with Gasteiger partial charge in [-0.25, -0.2) is 9.37 Å². The summed E-state index contributed by atoms with van der Waals surface area (Å²) in [5.74, 6) is -0.0642. The maximum atomic E-state index is 13.7. The number of hydrogen-bond donors (Lipinski definition) is 3. The Morgan fingerprint density at radius 3 is 2.70 bits per heavy atom. The van der Waals surface area contributed by atoms with E-state index < -0.39 is 0 Å². The summed E-state index contributed by atoms with van der Waals surface area (Å²) in [5, 5.41) is 13.2. The van der Waals surface area contributed by atoms with E-state index in [-0.39, 0.29) is 29.0 Å². The first-order valence-electron chi connectivity index (χ1n) is 9.12. The largest absolute Gasteiger partial charge is 0.382 e. The second-order valence-electron chi connectivity index (χ2n) is 6.53. The maximum absolute atomic E-state index is 13.7. The van der Waals surface area contributed by atoms with Gasteiger partial charge in [-0.05, 0) is 42.3 Å². The lowest BCUT2D eigenvalue weighted by Gasteiger charge is -2.12. The molecule has 0 saturated carbocycles. The van der Waals surface area contributed by atoms with E-state index in [0.29, 0.717) is 29.9 Å². The number of aromatic nitrogens is 4. The van der Waals surface area contributed by atoms with E-state index in [2.05, 4.69) is 25.3 Å². The quantitative estimate of drug-likeness (QED) is 0.465. The van der Waals surface area contributed by atoms with Crippen LogP contribution in [0.25, 0.3) is 22.3 Å².